The minimum atomic E-state index is -0.450. The molecule has 235 valence electrons. The lowest BCUT2D eigenvalue weighted by Crippen LogP contribution is -2.30. The van der Waals surface area contributed by atoms with E-state index in [4.69, 9.17) is 18.9 Å². The lowest BCUT2D eigenvalue weighted by atomic mass is 10.1. The molecule has 1 saturated heterocycles. The van der Waals surface area contributed by atoms with Crippen LogP contribution in [0.15, 0.2) is 0 Å². The molecule has 1 aliphatic rings. The molecule has 0 spiro atoms. The fourth-order valence-electron chi connectivity index (χ4n) is 4.72. The zero-order valence-corrected chi connectivity index (χ0v) is 25.9. The van der Waals surface area contributed by atoms with Crippen molar-refractivity contribution in [3.63, 3.8) is 0 Å². The normalized spacial score (nSPS) is 14.5. The summed E-state index contributed by atoms with van der Waals surface area (Å²) in [6.07, 6.45) is 17.8. The minimum Gasteiger partial charge on any atom is -0.465 e. The standard InChI is InChI=1S/C32H61N2O6/c1-4-6-8-10-12-16-25-37-31(38-26-17-13-11-9-7-5-2)20-19-30(35)39-27-29(3)28-40-32(36)33-21-18-24-34-22-14-15-23-34/h29,31H,3-28H2,1-2H3,(H,33,36). The van der Waals surface area contributed by atoms with E-state index in [1.807, 2.05) is 0 Å². The second-order valence-corrected chi connectivity index (χ2v) is 11.2. The first kappa shape index (κ1) is 36.6. The van der Waals surface area contributed by atoms with Crippen molar-refractivity contribution < 1.29 is 28.5 Å². The summed E-state index contributed by atoms with van der Waals surface area (Å²) in [6.45, 7) is 13.8. The third kappa shape index (κ3) is 22.3. The van der Waals surface area contributed by atoms with Crippen LogP contribution in [0.5, 0.6) is 0 Å². The summed E-state index contributed by atoms with van der Waals surface area (Å²) in [4.78, 5) is 26.7. The fourth-order valence-corrected chi connectivity index (χ4v) is 4.72. The van der Waals surface area contributed by atoms with Crippen LogP contribution in [0.3, 0.4) is 0 Å². The van der Waals surface area contributed by atoms with Crippen molar-refractivity contribution in [2.75, 3.05) is 52.6 Å². The highest BCUT2D eigenvalue weighted by atomic mass is 16.7. The molecule has 1 rings (SSSR count). The van der Waals surface area contributed by atoms with Gasteiger partial charge in [0.15, 0.2) is 6.29 Å². The van der Waals surface area contributed by atoms with Crippen LogP contribution in [0, 0.1) is 12.8 Å². The Morgan fingerprint density at radius 2 is 1.32 bits per heavy atom. The lowest BCUT2D eigenvalue weighted by Gasteiger charge is -2.19. The van der Waals surface area contributed by atoms with Gasteiger partial charge in [0, 0.05) is 32.1 Å². The highest BCUT2D eigenvalue weighted by molar-refractivity contribution is 5.69. The fraction of sp³-hybridized carbons (Fsp3) is 0.906. The van der Waals surface area contributed by atoms with Gasteiger partial charge in [0.1, 0.15) is 0 Å². The van der Waals surface area contributed by atoms with Crippen molar-refractivity contribution in [3.8, 4) is 0 Å². The molecule has 0 aromatic rings. The van der Waals surface area contributed by atoms with Crippen molar-refractivity contribution in [1.82, 2.24) is 10.2 Å². The molecule has 0 aromatic heterocycles. The maximum absolute atomic E-state index is 12.3. The third-order valence-corrected chi connectivity index (χ3v) is 7.24. The molecule has 40 heavy (non-hydrogen) atoms. The van der Waals surface area contributed by atoms with E-state index in [-0.39, 0.29) is 37.8 Å². The van der Waals surface area contributed by atoms with Gasteiger partial charge in [-0.25, -0.2) is 4.79 Å². The summed E-state index contributed by atoms with van der Waals surface area (Å²) in [5.74, 6) is -0.626. The van der Waals surface area contributed by atoms with Gasteiger partial charge in [-0.15, -0.1) is 0 Å². The van der Waals surface area contributed by atoms with E-state index in [9.17, 15) is 9.59 Å². The molecule has 0 aliphatic carbocycles. The van der Waals surface area contributed by atoms with Crippen molar-refractivity contribution >= 4 is 12.1 Å². The molecule has 0 bridgehead atoms. The number of hydrogen-bond acceptors (Lipinski definition) is 7. The van der Waals surface area contributed by atoms with Crippen molar-refractivity contribution in [3.05, 3.63) is 6.92 Å². The van der Waals surface area contributed by atoms with Gasteiger partial charge < -0.3 is 29.2 Å². The summed E-state index contributed by atoms with van der Waals surface area (Å²) in [7, 11) is 0. The maximum Gasteiger partial charge on any atom is 0.407 e. The van der Waals surface area contributed by atoms with Crippen LogP contribution >= 0.6 is 0 Å². The van der Waals surface area contributed by atoms with Crippen LogP contribution in [0.25, 0.3) is 0 Å². The quantitative estimate of drug-likeness (QED) is 0.0644. The van der Waals surface area contributed by atoms with Gasteiger partial charge in [-0.2, -0.15) is 0 Å². The smallest absolute Gasteiger partial charge is 0.407 e. The highest BCUT2D eigenvalue weighted by Gasteiger charge is 2.16. The molecular formula is C32H61N2O6. The molecule has 1 heterocycles. The summed E-state index contributed by atoms with van der Waals surface area (Å²) in [6, 6.07) is 0. The number of esters is 1. The van der Waals surface area contributed by atoms with Crippen LogP contribution in [-0.2, 0) is 23.7 Å². The number of hydrogen-bond donors (Lipinski definition) is 1. The number of unbranched alkanes of at least 4 members (excludes halogenated alkanes) is 10. The van der Waals surface area contributed by atoms with Crippen LogP contribution in [0.1, 0.15) is 123 Å². The van der Waals surface area contributed by atoms with Crippen molar-refractivity contribution in [2.24, 2.45) is 5.92 Å². The van der Waals surface area contributed by atoms with Gasteiger partial charge in [-0.3, -0.25) is 4.79 Å². The summed E-state index contributed by atoms with van der Waals surface area (Å²) in [5, 5.41) is 2.78. The number of likely N-dealkylation sites (tertiary alicyclic amines) is 1. The molecule has 1 aliphatic heterocycles. The first-order valence-corrected chi connectivity index (χ1v) is 16.4. The average Bonchev–Trinajstić information content (AvgIpc) is 3.48. The van der Waals surface area contributed by atoms with Crippen LogP contribution in [0.2, 0.25) is 0 Å². The second-order valence-electron chi connectivity index (χ2n) is 11.2. The monoisotopic (exact) mass is 569 g/mol. The van der Waals surface area contributed by atoms with E-state index < -0.39 is 6.09 Å². The highest BCUT2D eigenvalue weighted by Crippen LogP contribution is 2.12. The summed E-state index contributed by atoms with van der Waals surface area (Å²) < 4.78 is 22.6. The first-order valence-electron chi connectivity index (χ1n) is 16.4. The van der Waals surface area contributed by atoms with Gasteiger partial charge in [0.25, 0.3) is 0 Å². The Balaban J connectivity index is 2.18. The molecule has 1 fully saturated rings. The summed E-state index contributed by atoms with van der Waals surface area (Å²) >= 11 is 0. The predicted molar refractivity (Wildman–Crippen MR) is 161 cm³/mol. The van der Waals surface area contributed by atoms with E-state index in [1.54, 1.807) is 0 Å². The number of ether oxygens (including phenoxy) is 4. The molecule has 8 nitrogen and oxygen atoms in total. The second kappa shape index (κ2) is 26.5. The topological polar surface area (TPSA) is 86.3 Å². The largest absolute Gasteiger partial charge is 0.465 e. The molecule has 0 saturated carbocycles. The summed E-state index contributed by atoms with van der Waals surface area (Å²) in [5.41, 5.74) is 0. The minimum absolute atomic E-state index is 0.108. The molecular weight excluding hydrogens is 508 g/mol. The van der Waals surface area contributed by atoms with E-state index in [1.165, 1.54) is 64.2 Å². The van der Waals surface area contributed by atoms with E-state index in [2.05, 4.69) is 31.0 Å². The Labute approximate surface area is 245 Å². The average molecular weight is 570 g/mol. The van der Waals surface area contributed by atoms with Crippen LogP contribution in [-0.4, -0.2) is 75.9 Å². The van der Waals surface area contributed by atoms with Gasteiger partial charge in [-0.05, 0) is 58.7 Å². The van der Waals surface area contributed by atoms with Gasteiger partial charge in [-0.1, -0.05) is 78.1 Å². The number of amides is 1. The first-order chi connectivity index (χ1) is 19.5. The SMILES string of the molecule is [CH2]C(COC(=O)CCC(OCCCCCCCC)OCCCCCCCC)COC(=O)NCCCN1CCCC1. The lowest BCUT2D eigenvalue weighted by molar-refractivity contribution is -0.160. The van der Waals surface area contributed by atoms with E-state index in [0.717, 1.165) is 51.7 Å². The Kier molecular flexibility index (Phi) is 24.3. The number of carbonyl (C=O) groups excluding carboxylic acids is 2. The molecule has 0 aromatic carbocycles. The Hall–Kier alpha value is -1.38. The van der Waals surface area contributed by atoms with Crippen LogP contribution in [0.4, 0.5) is 4.79 Å². The Morgan fingerprint density at radius 1 is 0.775 bits per heavy atom. The van der Waals surface area contributed by atoms with Crippen molar-refractivity contribution in [1.29, 1.82) is 0 Å². The Bertz CT molecular complexity index is 582. The van der Waals surface area contributed by atoms with E-state index in [0.29, 0.717) is 26.2 Å². The zero-order chi connectivity index (χ0) is 29.1. The van der Waals surface area contributed by atoms with Crippen molar-refractivity contribution in [2.45, 2.75) is 129 Å². The predicted octanol–water partition coefficient (Wildman–Crippen LogP) is 7.05. The molecule has 1 atom stereocenters. The van der Waals surface area contributed by atoms with Gasteiger partial charge >= 0.3 is 12.1 Å². The van der Waals surface area contributed by atoms with Gasteiger partial charge in [0.05, 0.1) is 19.6 Å². The third-order valence-electron chi connectivity index (χ3n) is 7.24. The molecule has 1 radical (unpaired) electrons. The molecule has 8 heteroatoms. The number of carbonyl (C=O) groups is 2. The number of nitrogens with one attached hydrogen (secondary N) is 1. The molecule has 1 unspecified atom stereocenters. The number of alkyl carbamates (subject to hydrolysis) is 1. The zero-order valence-electron chi connectivity index (χ0n) is 25.9. The van der Waals surface area contributed by atoms with Crippen LogP contribution < -0.4 is 5.32 Å². The number of rotatable bonds is 27. The maximum atomic E-state index is 12.3. The Morgan fingerprint density at radius 3 is 1.93 bits per heavy atom. The molecule has 1 amide bonds. The van der Waals surface area contributed by atoms with Gasteiger partial charge in [0.2, 0.25) is 0 Å². The number of nitrogens with zero attached hydrogens (tertiary/aromatic N) is 1. The van der Waals surface area contributed by atoms with E-state index >= 15 is 0 Å². The molecule has 1 N–H and O–H groups in total.